The molecule has 0 amide bonds. The topological polar surface area (TPSA) is 46.2 Å². The van der Waals surface area contributed by atoms with Gasteiger partial charge in [0.2, 0.25) is 10.0 Å². The van der Waals surface area contributed by atoms with E-state index in [4.69, 9.17) is 0 Å². The van der Waals surface area contributed by atoms with Crippen LogP contribution in [-0.2, 0) is 10.0 Å². The normalized spacial score (nSPS) is 10.9. The van der Waals surface area contributed by atoms with Crippen LogP contribution in [0.15, 0.2) is 0 Å². The Bertz CT molecular complexity index is 256. The van der Waals surface area contributed by atoms with Gasteiger partial charge in [0.1, 0.15) is 5.75 Å². The largest absolute Gasteiger partial charge is 0.223 e. The second-order valence-corrected chi connectivity index (χ2v) is 4.21. The number of nitrogens with one attached hydrogen (secondary N) is 1. The van der Waals surface area contributed by atoms with Gasteiger partial charge in [-0.25, -0.2) is 13.1 Å². The van der Waals surface area contributed by atoms with Crippen LogP contribution in [0, 0.1) is 11.8 Å². The van der Waals surface area contributed by atoms with Gasteiger partial charge < -0.3 is 0 Å². The fourth-order valence-corrected chi connectivity index (χ4v) is 1.70. The Balaban J connectivity index is 4.10. The van der Waals surface area contributed by atoms with Gasteiger partial charge in [0.25, 0.3) is 0 Å². The Morgan fingerprint density at radius 1 is 1.45 bits per heavy atom. The molecule has 0 heterocycles. The lowest BCUT2D eigenvalue weighted by atomic mass is 10.4. The molecular weight excluding hydrogens is 162 g/mol. The summed E-state index contributed by atoms with van der Waals surface area (Å²) in [5, 5.41) is 0. The van der Waals surface area contributed by atoms with Crippen molar-refractivity contribution >= 4 is 10.0 Å². The third kappa shape index (κ3) is 5.89. The van der Waals surface area contributed by atoms with Gasteiger partial charge in [-0.05, 0) is 20.8 Å². The zero-order valence-electron chi connectivity index (χ0n) is 7.01. The van der Waals surface area contributed by atoms with Crippen molar-refractivity contribution in [2.75, 3.05) is 5.75 Å². The summed E-state index contributed by atoms with van der Waals surface area (Å²) in [5.74, 6) is 4.91. The molecule has 0 aromatic heterocycles. The third-order valence-electron chi connectivity index (χ3n) is 0.854. The highest BCUT2D eigenvalue weighted by Gasteiger charge is 2.08. The smallest absolute Gasteiger partial charge is 0.212 e. The highest BCUT2D eigenvalue weighted by molar-refractivity contribution is 7.89. The van der Waals surface area contributed by atoms with E-state index in [0.29, 0.717) is 0 Å². The maximum Gasteiger partial charge on any atom is 0.223 e. The van der Waals surface area contributed by atoms with Crippen LogP contribution < -0.4 is 4.72 Å². The van der Waals surface area contributed by atoms with Crippen LogP contribution >= 0.6 is 0 Å². The first-order valence-electron chi connectivity index (χ1n) is 3.37. The van der Waals surface area contributed by atoms with Gasteiger partial charge in [0.05, 0.1) is 0 Å². The summed E-state index contributed by atoms with van der Waals surface area (Å²) in [5.41, 5.74) is 0. The van der Waals surface area contributed by atoms with E-state index in [1.54, 1.807) is 20.8 Å². The molecule has 0 unspecified atom stereocenters. The molecule has 0 atom stereocenters. The minimum absolute atomic E-state index is 0.0568. The molecule has 11 heavy (non-hydrogen) atoms. The predicted octanol–water partition coefficient (Wildman–Crippen LogP) is 0.337. The minimum Gasteiger partial charge on any atom is -0.212 e. The first-order chi connectivity index (χ1) is 4.98. The van der Waals surface area contributed by atoms with Crippen LogP contribution in [0.25, 0.3) is 0 Å². The van der Waals surface area contributed by atoms with Gasteiger partial charge in [-0.15, -0.1) is 5.92 Å². The number of hydrogen-bond donors (Lipinski definition) is 1. The summed E-state index contributed by atoms with van der Waals surface area (Å²) in [6, 6.07) is -0.0568. The maximum atomic E-state index is 11.0. The summed E-state index contributed by atoms with van der Waals surface area (Å²) >= 11 is 0. The van der Waals surface area contributed by atoms with Gasteiger partial charge in [0.15, 0.2) is 0 Å². The van der Waals surface area contributed by atoms with Gasteiger partial charge in [-0.1, -0.05) is 5.92 Å². The lowest BCUT2D eigenvalue weighted by Gasteiger charge is -2.05. The van der Waals surface area contributed by atoms with Crippen molar-refractivity contribution in [3.05, 3.63) is 0 Å². The Labute approximate surface area is 68.2 Å². The summed E-state index contributed by atoms with van der Waals surface area (Å²) < 4.78 is 24.4. The molecule has 0 rings (SSSR count). The van der Waals surface area contributed by atoms with E-state index in [1.807, 2.05) is 0 Å². The second-order valence-electron chi connectivity index (χ2n) is 2.46. The van der Waals surface area contributed by atoms with E-state index in [9.17, 15) is 8.42 Å². The number of hydrogen-bond acceptors (Lipinski definition) is 2. The zero-order valence-corrected chi connectivity index (χ0v) is 7.83. The Hall–Kier alpha value is -0.530. The van der Waals surface area contributed by atoms with Crippen LogP contribution in [-0.4, -0.2) is 20.2 Å². The van der Waals surface area contributed by atoms with Crippen molar-refractivity contribution in [2.45, 2.75) is 26.8 Å². The van der Waals surface area contributed by atoms with Crippen molar-refractivity contribution in [1.29, 1.82) is 0 Å². The summed E-state index contributed by atoms with van der Waals surface area (Å²) in [7, 11) is -3.17. The average molecular weight is 175 g/mol. The van der Waals surface area contributed by atoms with E-state index in [0.717, 1.165) is 0 Å². The SMILES string of the molecule is CC#CCS(=O)(=O)NC(C)C. The Morgan fingerprint density at radius 2 is 2.00 bits per heavy atom. The molecule has 1 N–H and O–H groups in total. The van der Waals surface area contributed by atoms with E-state index >= 15 is 0 Å². The van der Waals surface area contributed by atoms with Crippen LogP contribution in [0.2, 0.25) is 0 Å². The Morgan fingerprint density at radius 3 is 2.36 bits per heavy atom. The van der Waals surface area contributed by atoms with Crippen molar-refractivity contribution in [3.63, 3.8) is 0 Å². The lowest BCUT2D eigenvalue weighted by Crippen LogP contribution is -2.31. The molecule has 0 spiro atoms. The van der Waals surface area contributed by atoms with Crippen LogP contribution in [0.3, 0.4) is 0 Å². The maximum absolute atomic E-state index is 11.0. The molecule has 0 aromatic rings. The van der Waals surface area contributed by atoms with E-state index in [2.05, 4.69) is 16.6 Å². The highest BCUT2D eigenvalue weighted by Crippen LogP contribution is 1.86. The second kappa shape index (κ2) is 4.37. The fourth-order valence-electron chi connectivity index (χ4n) is 0.568. The van der Waals surface area contributed by atoms with Crippen LogP contribution in [0.5, 0.6) is 0 Å². The zero-order chi connectivity index (χ0) is 8.91. The molecule has 4 heteroatoms. The van der Waals surface area contributed by atoms with Gasteiger partial charge in [-0.2, -0.15) is 0 Å². The molecule has 0 saturated carbocycles. The number of sulfonamides is 1. The molecule has 0 aliphatic carbocycles. The standard InChI is InChI=1S/C7H13NO2S/c1-4-5-6-11(9,10)8-7(2)3/h7-8H,6H2,1-3H3. The van der Waals surface area contributed by atoms with Crippen LogP contribution in [0.4, 0.5) is 0 Å². The van der Waals surface area contributed by atoms with E-state index < -0.39 is 10.0 Å². The van der Waals surface area contributed by atoms with Gasteiger partial charge in [0, 0.05) is 6.04 Å². The first-order valence-corrected chi connectivity index (χ1v) is 5.03. The van der Waals surface area contributed by atoms with Crippen molar-refractivity contribution < 1.29 is 8.42 Å². The average Bonchev–Trinajstić information content (AvgIpc) is 1.81. The molecular formula is C7H13NO2S. The summed E-state index contributed by atoms with van der Waals surface area (Å²) in [4.78, 5) is 0. The van der Waals surface area contributed by atoms with Gasteiger partial charge >= 0.3 is 0 Å². The first kappa shape index (κ1) is 10.5. The molecule has 0 aliphatic rings. The number of rotatable bonds is 3. The molecule has 0 radical (unpaired) electrons. The molecule has 0 bridgehead atoms. The molecule has 0 saturated heterocycles. The molecule has 0 fully saturated rings. The van der Waals surface area contributed by atoms with Crippen molar-refractivity contribution in [2.24, 2.45) is 0 Å². The van der Waals surface area contributed by atoms with E-state index in [-0.39, 0.29) is 11.8 Å². The van der Waals surface area contributed by atoms with E-state index in [1.165, 1.54) is 0 Å². The summed E-state index contributed by atoms with van der Waals surface area (Å²) in [6.45, 7) is 5.17. The molecule has 0 aliphatic heterocycles. The van der Waals surface area contributed by atoms with Gasteiger partial charge in [-0.3, -0.25) is 0 Å². The minimum atomic E-state index is -3.17. The molecule has 64 valence electrons. The van der Waals surface area contributed by atoms with Crippen molar-refractivity contribution in [1.82, 2.24) is 4.72 Å². The quantitative estimate of drug-likeness (QED) is 0.629. The summed E-state index contributed by atoms with van der Waals surface area (Å²) in [6.07, 6.45) is 0. The molecule has 0 aromatic carbocycles. The monoisotopic (exact) mass is 175 g/mol. The van der Waals surface area contributed by atoms with Crippen LogP contribution in [0.1, 0.15) is 20.8 Å². The van der Waals surface area contributed by atoms with Crippen molar-refractivity contribution in [3.8, 4) is 11.8 Å². The fraction of sp³-hybridized carbons (Fsp3) is 0.714. The molecule has 3 nitrogen and oxygen atoms in total. The third-order valence-corrected chi connectivity index (χ3v) is 2.21. The Kier molecular flexibility index (Phi) is 4.16. The lowest BCUT2D eigenvalue weighted by molar-refractivity contribution is 0.573. The predicted molar refractivity (Wildman–Crippen MR) is 45.5 cm³/mol. The highest BCUT2D eigenvalue weighted by atomic mass is 32.2.